The molecule has 0 spiro atoms. The molecule has 66 valence electrons. The highest BCUT2D eigenvalue weighted by Gasteiger charge is 2.05. The SMILES string of the molecule is CNCc1c(O)cc(C)cc1Br. The van der Waals surface area contributed by atoms with Gasteiger partial charge in [-0.25, -0.2) is 0 Å². The van der Waals surface area contributed by atoms with Crippen molar-refractivity contribution in [3.63, 3.8) is 0 Å². The van der Waals surface area contributed by atoms with Gasteiger partial charge in [-0.3, -0.25) is 0 Å². The molecule has 0 aliphatic carbocycles. The summed E-state index contributed by atoms with van der Waals surface area (Å²) in [4.78, 5) is 0. The summed E-state index contributed by atoms with van der Waals surface area (Å²) < 4.78 is 0.953. The Bertz CT molecular complexity index is 263. The smallest absolute Gasteiger partial charge is 0.121 e. The highest BCUT2D eigenvalue weighted by molar-refractivity contribution is 9.10. The number of benzene rings is 1. The van der Waals surface area contributed by atoms with Crippen LogP contribution in [-0.2, 0) is 6.54 Å². The summed E-state index contributed by atoms with van der Waals surface area (Å²) in [5.41, 5.74) is 1.96. The van der Waals surface area contributed by atoms with E-state index in [0.29, 0.717) is 12.3 Å². The monoisotopic (exact) mass is 229 g/mol. The molecule has 2 nitrogen and oxygen atoms in total. The molecule has 0 aliphatic heterocycles. The maximum atomic E-state index is 9.53. The van der Waals surface area contributed by atoms with Gasteiger partial charge < -0.3 is 10.4 Å². The number of hydrogen-bond acceptors (Lipinski definition) is 2. The lowest BCUT2D eigenvalue weighted by Crippen LogP contribution is -2.06. The lowest BCUT2D eigenvalue weighted by atomic mass is 10.1. The van der Waals surface area contributed by atoms with Crippen molar-refractivity contribution in [3.8, 4) is 5.75 Å². The molecule has 0 amide bonds. The van der Waals surface area contributed by atoms with Gasteiger partial charge in [0.2, 0.25) is 0 Å². The molecule has 0 heterocycles. The lowest BCUT2D eigenvalue weighted by Gasteiger charge is -2.07. The number of aromatic hydroxyl groups is 1. The van der Waals surface area contributed by atoms with Crippen LogP contribution < -0.4 is 5.32 Å². The van der Waals surface area contributed by atoms with Gasteiger partial charge in [0.05, 0.1) is 0 Å². The molecule has 1 aromatic rings. The van der Waals surface area contributed by atoms with Crippen LogP contribution in [0.3, 0.4) is 0 Å². The van der Waals surface area contributed by atoms with Crippen LogP contribution in [-0.4, -0.2) is 12.2 Å². The lowest BCUT2D eigenvalue weighted by molar-refractivity contribution is 0.465. The fraction of sp³-hybridized carbons (Fsp3) is 0.333. The minimum Gasteiger partial charge on any atom is -0.508 e. The van der Waals surface area contributed by atoms with Crippen LogP contribution in [0.4, 0.5) is 0 Å². The van der Waals surface area contributed by atoms with Crippen LogP contribution in [0.25, 0.3) is 0 Å². The molecule has 2 N–H and O–H groups in total. The van der Waals surface area contributed by atoms with Crippen LogP contribution in [0.1, 0.15) is 11.1 Å². The molecule has 0 fully saturated rings. The van der Waals surface area contributed by atoms with Crippen molar-refractivity contribution < 1.29 is 5.11 Å². The molecular formula is C9H12BrNO. The average Bonchev–Trinajstić information content (AvgIpc) is 1.96. The number of rotatable bonds is 2. The summed E-state index contributed by atoms with van der Waals surface area (Å²) in [6, 6.07) is 3.75. The standard InChI is InChI=1S/C9H12BrNO/c1-6-3-8(10)7(5-11-2)9(12)4-6/h3-4,11-12H,5H2,1-2H3. The Morgan fingerprint density at radius 1 is 1.50 bits per heavy atom. The van der Waals surface area contributed by atoms with Crippen LogP contribution in [0.2, 0.25) is 0 Å². The molecule has 0 aliphatic rings. The fourth-order valence-corrected chi connectivity index (χ4v) is 1.81. The molecule has 0 atom stereocenters. The van der Waals surface area contributed by atoms with Gasteiger partial charge in [0.1, 0.15) is 5.75 Å². The van der Waals surface area contributed by atoms with E-state index in [9.17, 15) is 5.11 Å². The van der Waals surface area contributed by atoms with Gasteiger partial charge in [0.25, 0.3) is 0 Å². The van der Waals surface area contributed by atoms with Crippen LogP contribution in [0, 0.1) is 6.92 Å². The normalized spacial score (nSPS) is 10.2. The fourth-order valence-electron chi connectivity index (χ4n) is 1.11. The quantitative estimate of drug-likeness (QED) is 0.816. The molecular weight excluding hydrogens is 218 g/mol. The van der Waals surface area contributed by atoms with Gasteiger partial charge in [-0.2, -0.15) is 0 Å². The van der Waals surface area contributed by atoms with Gasteiger partial charge in [-0.05, 0) is 31.7 Å². The second kappa shape index (κ2) is 3.92. The van der Waals surface area contributed by atoms with E-state index in [2.05, 4.69) is 21.2 Å². The third-order valence-electron chi connectivity index (χ3n) is 1.67. The van der Waals surface area contributed by atoms with E-state index in [0.717, 1.165) is 15.6 Å². The first-order valence-corrected chi connectivity index (χ1v) is 4.57. The molecule has 0 saturated carbocycles. The van der Waals surface area contributed by atoms with Crippen LogP contribution in [0.5, 0.6) is 5.75 Å². The zero-order valence-corrected chi connectivity index (χ0v) is 8.77. The summed E-state index contributed by atoms with van der Waals surface area (Å²) in [6.45, 7) is 2.63. The molecule has 3 heteroatoms. The molecule has 1 rings (SSSR count). The largest absolute Gasteiger partial charge is 0.508 e. The summed E-state index contributed by atoms with van der Waals surface area (Å²) in [6.07, 6.45) is 0. The first kappa shape index (κ1) is 9.55. The molecule has 1 aromatic carbocycles. The maximum Gasteiger partial charge on any atom is 0.121 e. The zero-order valence-electron chi connectivity index (χ0n) is 7.19. The zero-order chi connectivity index (χ0) is 9.14. The number of phenolic OH excluding ortho intramolecular Hbond substituents is 1. The van der Waals surface area contributed by atoms with Gasteiger partial charge >= 0.3 is 0 Å². The summed E-state index contributed by atoms with van der Waals surface area (Å²) in [7, 11) is 1.85. The van der Waals surface area contributed by atoms with Crippen molar-refractivity contribution in [2.75, 3.05) is 7.05 Å². The minimum atomic E-state index is 0.344. The van der Waals surface area contributed by atoms with E-state index in [1.54, 1.807) is 6.07 Å². The van der Waals surface area contributed by atoms with Crippen molar-refractivity contribution in [1.82, 2.24) is 5.32 Å². The summed E-state index contributed by atoms with van der Waals surface area (Å²) in [5, 5.41) is 12.5. The highest BCUT2D eigenvalue weighted by atomic mass is 79.9. The summed E-state index contributed by atoms with van der Waals surface area (Å²) in [5.74, 6) is 0.344. The Balaban J connectivity index is 3.10. The van der Waals surface area contributed by atoms with E-state index in [4.69, 9.17) is 0 Å². The Hall–Kier alpha value is -0.540. The predicted molar refractivity (Wildman–Crippen MR) is 53.3 cm³/mol. The van der Waals surface area contributed by atoms with E-state index in [1.165, 1.54) is 0 Å². The average molecular weight is 230 g/mol. The molecule has 0 aromatic heterocycles. The van der Waals surface area contributed by atoms with Gasteiger partial charge in [-0.15, -0.1) is 0 Å². The number of nitrogens with one attached hydrogen (secondary N) is 1. The second-order valence-electron chi connectivity index (χ2n) is 2.77. The third kappa shape index (κ3) is 1.99. The van der Waals surface area contributed by atoms with Crippen LogP contribution in [0.15, 0.2) is 16.6 Å². The molecule has 0 saturated heterocycles. The maximum absolute atomic E-state index is 9.53. The van der Waals surface area contributed by atoms with Crippen molar-refractivity contribution in [2.45, 2.75) is 13.5 Å². The predicted octanol–water partition coefficient (Wildman–Crippen LogP) is 2.18. The van der Waals surface area contributed by atoms with Gasteiger partial charge in [0.15, 0.2) is 0 Å². The van der Waals surface area contributed by atoms with Crippen LogP contribution >= 0.6 is 15.9 Å². The topological polar surface area (TPSA) is 32.3 Å². The molecule has 0 radical (unpaired) electrons. The van der Waals surface area contributed by atoms with E-state index < -0.39 is 0 Å². The summed E-state index contributed by atoms with van der Waals surface area (Å²) >= 11 is 3.40. The third-order valence-corrected chi connectivity index (χ3v) is 2.38. The van der Waals surface area contributed by atoms with Gasteiger partial charge in [-0.1, -0.05) is 15.9 Å². The highest BCUT2D eigenvalue weighted by Crippen LogP contribution is 2.27. The van der Waals surface area contributed by atoms with Gasteiger partial charge in [0, 0.05) is 16.6 Å². The minimum absolute atomic E-state index is 0.344. The number of hydrogen-bond donors (Lipinski definition) is 2. The van der Waals surface area contributed by atoms with Crippen molar-refractivity contribution in [1.29, 1.82) is 0 Å². The Labute approximate surface area is 80.7 Å². The van der Waals surface area contributed by atoms with E-state index in [1.807, 2.05) is 20.0 Å². The Kier molecular flexibility index (Phi) is 3.12. The van der Waals surface area contributed by atoms with E-state index in [-0.39, 0.29) is 0 Å². The number of halogens is 1. The van der Waals surface area contributed by atoms with Crippen molar-refractivity contribution in [3.05, 3.63) is 27.7 Å². The first-order chi connectivity index (χ1) is 5.65. The number of aryl methyl sites for hydroxylation is 1. The number of phenols is 1. The molecule has 12 heavy (non-hydrogen) atoms. The van der Waals surface area contributed by atoms with E-state index >= 15 is 0 Å². The molecule has 0 unspecified atom stereocenters. The Morgan fingerprint density at radius 2 is 2.17 bits per heavy atom. The first-order valence-electron chi connectivity index (χ1n) is 3.77. The Morgan fingerprint density at radius 3 is 2.67 bits per heavy atom. The van der Waals surface area contributed by atoms with Crippen molar-refractivity contribution >= 4 is 15.9 Å². The second-order valence-corrected chi connectivity index (χ2v) is 3.63. The van der Waals surface area contributed by atoms with Crippen molar-refractivity contribution in [2.24, 2.45) is 0 Å². The molecule has 0 bridgehead atoms.